The molecule has 12 heavy (non-hydrogen) atoms. The van der Waals surface area contributed by atoms with Gasteiger partial charge in [0, 0.05) is 6.20 Å². The monoisotopic (exact) mass is 156 g/mol. The van der Waals surface area contributed by atoms with Crippen LogP contribution in [0.5, 0.6) is 0 Å². The summed E-state index contributed by atoms with van der Waals surface area (Å²) in [6, 6.07) is 5.89. The zero-order chi connectivity index (χ0) is 8.39. The molecule has 2 heteroatoms. The van der Waals surface area contributed by atoms with Crippen molar-refractivity contribution in [3.8, 4) is 11.8 Å². The Morgan fingerprint density at radius 2 is 2.33 bits per heavy atom. The molecule has 58 valence electrons. The lowest BCUT2D eigenvalue weighted by atomic mass is 10.4. The SMILES string of the molecule is CC#Cc1cnc2ccccn12. The third-order valence-corrected chi connectivity index (χ3v) is 1.67. The summed E-state index contributed by atoms with van der Waals surface area (Å²) in [6.45, 7) is 1.82. The molecule has 2 heterocycles. The first-order valence-corrected chi connectivity index (χ1v) is 3.76. The van der Waals surface area contributed by atoms with Gasteiger partial charge < -0.3 is 0 Å². The van der Waals surface area contributed by atoms with Crippen molar-refractivity contribution < 1.29 is 0 Å². The quantitative estimate of drug-likeness (QED) is 0.531. The highest BCUT2D eigenvalue weighted by molar-refractivity contribution is 5.44. The fourth-order valence-corrected chi connectivity index (χ4v) is 1.15. The Bertz CT molecular complexity index is 457. The molecule has 2 nitrogen and oxygen atoms in total. The Labute approximate surface area is 70.9 Å². The normalized spacial score (nSPS) is 9.42. The Hall–Kier alpha value is -1.75. The van der Waals surface area contributed by atoms with Gasteiger partial charge in [0.15, 0.2) is 0 Å². The molecule has 0 aliphatic heterocycles. The highest BCUT2D eigenvalue weighted by atomic mass is 15.0. The van der Waals surface area contributed by atoms with Gasteiger partial charge in [-0.2, -0.15) is 0 Å². The summed E-state index contributed by atoms with van der Waals surface area (Å²) in [6.07, 6.45) is 3.74. The van der Waals surface area contributed by atoms with E-state index in [4.69, 9.17) is 0 Å². The van der Waals surface area contributed by atoms with Crippen molar-refractivity contribution in [3.05, 3.63) is 36.3 Å². The summed E-state index contributed by atoms with van der Waals surface area (Å²) in [5.41, 5.74) is 1.88. The third-order valence-electron chi connectivity index (χ3n) is 1.67. The van der Waals surface area contributed by atoms with Crippen LogP contribution in [0, 0.1) is 11.8 Å². The number of aromatic nitrogens is 2. The van der Waals surface area contributed by atoms with E-state index < -0.39 is 0 Å². The van der Waals surface area contributed by atoms with E-state index in [0.29, 0.717) is 0 Å². The van der Waals surface area contributed by atoms with Gasteiger partial charge in [-0.25, -0.2) is 4.98 Å². The van der Waals surface area contributed by atoms with Crippen molar-refractivity contribution in [1.82, 2.24) is 9.38 Å². The molecule has 0 aliphatic rings. The molecule has 0 amide bonds. The van der Waals surface area contributed by atoms with E-state index in [9.17, 15) is 0 Å². The van der Waals surface area contributed by atoms with Crippen molar-refractivity contribution in [2.45, 2.75) is 6.92 Å². The van der Waals surface area contributed by atoms with Crippen LogP contribution in [0.3, 0.4) is 0 Å². The molecule has 0 saturated heterocycles. The summed E-state index contributed by atoms with van der Waals surface area (Å²) in [5, 5.41) is 0. The van der Waals surface area contributed by atoms with E-state index in [0.717, 1.165) is 11.3 Å². The third kappa shape index (κ3) is 0.960. The fourth-order valence-electron chi connectivity index (χ4n) is 1.15. The maximum absolute atomic E-state index is 4.20. The number of nitrogens with zero attached hydrogens (tertiary/aromatic N) is 2. The predicted molar refractivity (Wildman–Crippen MR) is 47.7 cm³/mol. The predicted octanol–water partition coefficient (Wildman–Crippen LogP) is 1.71. The van der Waals surface area contributed by atoms with Gasteiger partial charge in [-0.15, -0.1) is 0 Å². The summed E-state index contributed by atoms with van der Waals surface area (Å²) in [5.74, 6) is 5.83. The van der Waals surface area contributed by atoms with Gasteiger partial charge in [-0.05, 0) is 25.0 Å². The van der Waals surface area contributed by atoms with Crippen molar-refractivity contribution >= 4 is 5.65 Å². The van der Waals surface area contributed by atoms with Crippen LogP contribution in [-0.2, 0) is 0 Å². The first-order valence-electron chi connectivity index (χ1n) is 3.76. The summed E-state index contributed by atoms with van der Waals surface area (Å²) in [7, 11) is 0. The molecule has 0 aliphatic carbocycles. The summed E-state index contributed by atoms with van der Waals surface area (Å²) >= 11 is 0. The van der Waals surface area contributed by atoms with Gasteiger partial charge in [0.1, 0.15) is 11.3 Å². The number of pyridine rings is 1. The smallest absolute Gasteiger partial charge is 0.137 e. The van der Waals surface area contributed by atoms with Crippen LogP contribution in [0.25, 0.3) is 5.65 Å². The Kier molecular flexibility index (Phi) is 1.56. The van der Waals surface area contributed by atoms with E-state index in [1.807, 2.05) is 35.7 Å². The van der Waals surface area contributed by atoms with Crippen LogP contribution in [-0.4, -0.2) is 9.38 Å². The zero-order valence-corrected chi connectivity index (χ0v) is 6.78. The number of hydrogen-bond donors (Lipinski definition) is 0. The van der Waals surface area contributed by atoms with Crippen molar-refractivity contribution in [2.75, 3.05) is 0 Å². The topological polar surface area (TPSA) is 17.3 Å². The second-order valence-corrected chi connectivity index (χ2v) is 2.45. The first-order chi connectivity index (χ1) is 5.92. The van der Waals surface area contributed by atoms with Gasteiger partial charge in [-0.1, -0.05) is 12.0 Å². The lowest BCUT2D eigenvalue weighted by molar-refractivity contribution is 1.16. The van der Waals surface area contributed by atoms with Crippen LogP contribution in [0.4, 0.5) is 0 Å². The minimum atomic E-state index is 0.938. The lowest BCUT2D eigenvalue weighted by Crippen LogP contribution is -1.85. The Morgan fingerprint density at radius 3 is 3.17 bits per heavy atom. The van der Waals surface area contributed by atoms with Gasteiger partial charge in [0.05, 0.1) is 6.20 Å². The van der Waals surface area contributed by atoms with E-state index in [1.54, 1.807) is 6.20 Å². The van der Waals surface area contributed by atoms with Crippen LogP contribution in [0.15, 0.2) is 30.6 Å². The van der Waals surface area contributed by atoms with Gasteiger partial charge >= 0.3 is 0 Å². The number of rotatable bonds is 0. The maximum Gasteiger partial charge on any atom is 0.137 e. The van der Waals surface area contributed by atoms with Crippen molar-refractivity contribution in [1.29, 1.82) is 0 Å². The van der Waals surface area contributed by atoms with Gasteiger partial charge in [-0.3, -0.25) is 4.40 Å². The minimum Gasteiger partial charge on any atom is -0.293 e. The Balaban J connectivity index is 2.76. The molecule has 0 atom stereocenters. The van der Waals surface area contributed by atoms with Crippen LogP contribution in [0.2, 0.25) is 0 Å². The molecular formula is C10H8N2. The molecule has 0 N–H and O–H groups in total. The molecule has 0 saturated carbocycles. The molecule has 2 aromatic rings. The highest BCUT2D eigenvalue weighted by Gasteiger charge is 1.96. The summed E-state index contributed by atoms with van der Waals surface area (Å²) < 4.78 is 1.97. The fraction of sp³-hybridized carbons (Fsp3) is 0.100. The highest BCUT2D eigenvalue weighted by Crippen LogP contribution is 2.03. The zero-order valence-electron chi connectivity index (χ0n) is 6.78. The molecule has 0 bridgehead atoms. The largest absolute Gasteiger partial charge is 0.293 e. The molecule has 0 fully saturated rings. The van der Waals surface area contributed by atoms with Crippen LogP contribution >= 0.6 is 0 Å². The molecule has 2 aromatic heterocycles. The van der Waals surface area contributed by atoms with E-state index >= 15 is 0 Å². The van der Waals surface area contributed by atoms with E-state index in [-0.39, 0.29) is 0 Å². The average molecular weight is 156 g/mol. The molecule has 0 spiro atoms. The number of imidazole rings is 1. The standard InChI is InChI=1S/C10H8N2/c1-2-5-9-8-11-10-6-3-4-7-12(9)10/h3-4,6-8H,1H3. The summed E-state index contributed by atoms with van der Waals surface area (Å²) in [4.78, 5) is 4.20. The van der Waals surface area contributed by atoms with Gasteiger partial charge in [0.2, 0.25) is 0 Å². The molecular weight excluding hydrogens is 148 g/mol. The van der Waals surface area contributed by atoms with Crippen LogP contribution in [0.1, 0.15) is 12.6 Å². The molecule has 0 unspecified atom stereocenters. The number of hydrogen-bond acceptors (Lipinski definition) is 1. The molecule has 0 radical (unpaired) electrons. The van der Waals surface area contributed by atoms with E-state index in [2.05, 4.69) is 16.8 Å². The van der Waals surface area contributed by atoms with E-state index in [1.165, 1.54) is 0 Å². The lowest BCUT2D eigenvalue weighted by Gasteiger charge is -1.91. The van der Waals surface area contributed by atoms with Crippen molar-refractivity contribution in [3.63, 3.8) is 0 Å². The molecule has 0 aromatic carbocycles. The Morgan fingerprint density at radius 1 is 1.42 bits per heavy atom. The van der Waals surface area contributed by atoms with Crippen LogP contribution < -0.4 is 0 Å². The second kappa shape index (κ2) is 2.71. The number of fused-ring (bicyclic) bond motifs is 1. The average Bonchev–Trinajstić information content (AvgIpc) is 2.50. The molecule has 2 rings (SSSR count). The van der Waals surface area contributed by atoms with Gasteiger partial charge in [0.25, 0.3) is 0 Å². The maximum atomic E-state index is 4.20. The first kappa shape index (κ1) is 6.93. The second-order valence-electron chi connectivity index (χ2n) is 2.45. The minimum absolute atomic E-state index is 0.938. The van der Waals surface area contributed by atoms with Crippen molar-refractivity contribution in [2.24, 2.45) is 0 Å².